The number of carbonyl (C=O) groups is 1. The molecule has 0 saturated heterocycles. The second-order valence-corrected chi connectivity index (χ2v) is 5.26. The Hall–Kier alpha value is -2.58. The molecule has 1 aromatic heterocycles. The fourth-order valence-corrected chi connectivity index (χ4v) is 2.69. The molecule has 0 radical (unpaired) electrons. The van der Waals surface area contributed by atoms with Gasteiger partial charge in [-0.2, -0.15) is 5.26 Å². The average Bonchev–Trinajstić information content (AvgIpc) is 2.85. The van der Waals surface area contributed by atoms with Crippen LogP contribution in [0.4, 0.5) is 0 Å². The Kier molecular flexibility index (Phi) is 4.64. The Morgan fingerprint density at radius 2 is 2.05 bits per heavy atom. The van der Waals surface area contributed by atoms with E-state index in [1.165, 1.54) is 0 Å². The van der Waals surface area contributed by atoms with Gasteiger partial charge in [-0.1, -0.05) is 12.1 Å². The maximum atomic E-state index is 11.6. The number of nitrogens with zero attached hydrogens (tertiary/aromatic N) is 2. The second-order valence-electron chi connectivity index (χ2n) is 5.26. The van der Waals surface area contributed by atoms with E-state index < -0.39 is 5.91 Å². The van der Waals surface area contributed by atoms with Crippen molar-refractivity contribution in [2.75, 3.05) is 13.7 Å². The zero-order chi connectivity index (χ0) is 16.3. The van der Waals surface area contributed by atoms with Crippen LogP contribution in [0.15, 0.2) is 30.3 Å². The molecule has 2 rings (SSSR count). The first kappa shape index (κ1) is 15.8. The van der Waals surface area contributed by atoms with Crippen LogP contribution >= 0.6 is 0 Å². The van der Waals surface area contributed by atoms with Crippen LogP contribution in [0.3, 0.4) is 0 Å². The molecular formula is C17H19N3O2. The molecule has 22 heavy (non-hydrogen) atoms. The van der Waals surface area contributed by atoms with Gasteiger partial charge in [0.05, 0.1) is 29.8 Å². The number of nitriles is 1. The highest BCUT2D eigenvalue weighted by molar-refractivity contribution is 5.95. The molecule has 2 N–H and O–H groups in total. The lowest BCUT2D eigenvalue weighted by atomic mass is 10.1. The summed E-state index contributed by atoms with van der Waals surface area (Å²) >= 11 is 0. The van der Waals surface area contributed by atoms with E-state index in [0.29, 0.717) is 17.7 Å². The molecule has 0 aliphatic carbocycles. The van der Waals surface area contributed by atoms with Crippen molar-refractivity contribution < 1.29 is 9.53 Å². The largest absolute Gasteiger partial charge is 0.383 e. The van der Waals surface area contributed by atoms with Gasteiger partial charge >= 0.3 is 0 Å². The lowest BCUT2D eigenvalue weighted by Crippen LogP contribution is -2.16. The normalized spacial score (nSPS) is 11.9. The number of benzene rings is 1. The second kappa shape index (κ2) is 6.46. The molecule has 2 aromatic rings. The summed E-state index contributed by atoms with van der Waals surface area (Å²) in [6.07, 6.45) is 0. The number of rotatable bonds is 5. The standard InChI is InChI=1S/C17H19N3O2/c1-11(10-22-3)20-12(2)15(17(19)21)8-16(20)14-6-4-13(9-18)5-7-14/h4-8,11H,10H2,1-3H3,(H2,19,21). The summed E-state index contributed by atoms with van der Waals surface area (Å²) in [7, 11) is 1.64. The Bertz CT molecular complexity index is 724. The van der Waals surface area contributed by atoms with E-state index in [0.717, 1.165) is 17.0 Å². The minimum atomic E-state index is -0.448. The van der Waals surface area contributed by atoms with Gasteiger partial charge in [0.25, 0.3) is 5.91 Å². The first-order valence-electron chi connectivity index (χ1n) is 7.00. The van der Waals surface area contributed by atoms with Crippen LogP contribution in [-0.4, -0.2) is 24.2 Å². The number of hydrogen-bond acceptors (Lipinski definition) is 3. The highest BCUT2D eigenvalue weighted by Gasteiger charge is 2.20. The molecule has 1 amide bonds. The predicted octanol–water partition coefficient (Wildman–Crippen LogP) is 2.64. The lowest BCUT2D eigenvalue weighted by Gasteiger charge is -2.19. The van der Waals surface area contributed by atoms with Crippen LogP contribution in [0.2, 0.25) is 0 Å². The summed E-state index contributed by atoms with van der Waals surface area (Å²) in [4.78, 5) is 11.6. The fraction of sp³-hybridized carbons (Fsp3) is 0.294. The Labute approximate surface area is 129 Å². The maximum Gasteiger partial charge on any atom is 0.250 e. The van der Waals surface area contributed by atoms with E-state index in [2.05, 4.69) is 6.07 Å². The molecule has 5 heteroatoms. The van der Waals surface area contributed by atoms with Gasteiger partial charge in [0.2, 0.25) is 0 Å². The molecule has 0 fully saturated rings. The van der Waals surface area contributed by atoms with Gasteiger partial charge < -0.3 is 15.0 Å². The topological polar surface area (TPSA) is 81.0 Å². The summed E-state index contributed by atoms with van der Waals surface area (Å²) in [5, 5.41) is 8.90. The third kappa shape index (κ3) is 2.87. The fourth-order valence-electron chi connectivity index (χ4n) is 2.69. The van der Waals surface area contributed by atoms with Gasteiger partial charge in [-0.05, 0) is 37.6 Å². The number of primary amides is 1. The minimum Gasteiger partial charge on any atom is -0.383 e. The van der Waals surface area contributed by atoms with E-state index in [9.17, 15) is 4.79 Å². The van der Waals surface area contributed by atoms with E-state index >= 15 is 0 Å². The van der Waals surface area contributed by atoms with Crippen molar-refractivity contribution in [3.63, 3.8) is 0 Å². The molecule has 1 atom stereocenters. The third-order valence-corrected chi connectivity index (χ3v) is 3.72. The van der Waals surface area contributed by atoms with Crippen LogP contribution in [-0.2, 0) is 4.74 Å². The van der Waals surface area contributed by atoms with E-state index in [4.69, 9.17) is 15.7 Å². The number of nitrogens with two attached hydrogens (primary N) is 1. The molecule has 1 heterocycles. The number of aromatic nitrogens is 1. The summed E-state index contributed by atoms with van der Waals surface area (Å²) in [5.74, 6) is -0.448. The Balaban J connectivity index is 2.59. The van der Waals surface area contributed by atoms with Crippen LogP contribution in [0, 0.1) is 18.3 Å². The van der Waals surface area contributed by atoms with Gasteiger partial charge in [0.1, 0.15) is 0 Å². The Morgan fingerprint density at radius 1 is 1.41 bits per heavy atom. The average molecular weight is 297 g/mol. The first-order valence-corrected chi connectivity index (χ1v) is 7.00. The van der Waals surface area contributed by atoms with Gasteiger partial charge in [0.15, 0.2) is 0 Å². The number of carbonyl (C=O) groups excluding carboxylic acids is 1. The highest BCUT2D eigenvalue weighted by Crippen LogP contribution is 2.29. The Morgan fingerprint density at radius 3 is 2.55 bits per heavy atom. The zero-order valence-corrected chi connectivity index (χ0v) is 13.0. The highest BCUT2D eigenvalue weighted by atomic mass is 16.5. The van der Waals surface area contributed by atoms with Crippen LogP contribution in [0.5, 0.6) is 0 Å². The quantitative estimate of drug-likeness (QED) is 0.921. The number of amides is 1. The van der Waals surface area contributed by atoms with Crippen molar-refractivity contribution in [2.24, 2.45) is 5.73 Å². The third-order valence-electron chi connectivity index (χ3n) is 3.72. The molecule has 1 aromatic carbocycles. The van der Waals surface area contributed by atoms with Gasteiger partial charge in [0, 0.05) is 18.5 Å². The molecule has 1 unspecified atom stereocenters. The van der Waals surface area contributed by atoms with E-state index in [-0.39, 0.29) is 6.04 Å². The summed E-state index contributed by atoms with van der Waals surface area (Å²) in [6.45, 7) is 4.42. The summed E-state index contributed by atoms with van der Waals surface area (Å²) < 4.78 is 7.28. The van der Waals surface area contributed by atoms with Gasteiger partial charge in [-0.25, -0.2) is 0 Å². The van der Waals surface area contributed by atoms with Crippen LogP contribution in [0.25, 0.3) is 11.3 Å². The van der Waals surface area contributed by atoms with Crippen molar-refractivity contribution in [3.05, 3.63) is 47.2 Å². The SMILES string of the molecule is COCC(C)n1c(-c2ccc(C#N)cc2)cc(C(N)=O)c1C. The minimum absolute atomic E-state index is 0.0590. The molecule has 0 saturated carbocycles. The van der Waals surface area contributed by atoms with E-state index in [1.807, 2.05) is 30.5 Å². The lowest BCUT2D eigenvalue weighted by molar-refractivity contribution is 0.0999. The van der Waals surface area contributed by atoms with Crippen molar-refractivity contribution >= 4 is 5.91 Å². The molecule has 114 valence electrons. The monoisotopic (exact) mass is 297 g/mol. The smallest absolute Gasteiger partial charge is 0.250 e. The molecule has 0 aliphatic heterocycles. The van der Waals surface area contributed by atoms with Crippen molar-refractivity contribution in [3.8, 4) is 17.3 Å². The van der Waals surface area contributed by atoms with Crippen molar-refractivity contribution in [1.29, 1.82) is 5.26 Å². The number of methoxy groups -OCH3 is 1. The zero-order valence-electron chi connectivity index (χ0n) is 13.0. The van der Waals surface area contributed by atoms with E-state index in [1.54, 1.807) is 25.3 Å². The first-order chi connectivity index (χ1) is 10.5. The molecular weight excluding hydrogens is 278 g/mol. The van der Waals surface area contributed by atoms with Crippen LogP contribution < -0.4 is 5.73 Å². The maximum absolute atomic E-state index is 11.6. The molecule has 5 nitrogen and oxygen atoms in total. The van der Waals surface area contributed by atoms with Gasteiger partial charge in [-0.3, -0.25) is 4.79 Å². The summed E-state index contributed by atoms with van der Waals surface area (Å²) in [6, 6.07) is 11.2. The van der Waals surface area contributed by atoms with Crippen molar-refractivity contribution in [2.45, 2.75) is 19.9 Å². The number of ether oxygens (including phenoxy) is 1. The molecule has 0 spiro atoms. The molecule has 0 aliphatic rings. The van der Waals surface area contributed by atoms with Gasteiger partial charge in [-0.15, -0.1) is 0 Å². The predicted molar refractivity (Wildman–Crippen MR) is 84.4 cm³/mol. The molecule has 0 bridgehead atoms. The summed E-state index contributed by atoms with van der Waals surface area (Å²) in [5.41, 5.74) is 9.20. The number of hydrogen-bond donors (Lipinski definition) is 1. The van der Waals surface area contributed by atoms with Crippen LogP contribution in [0.1, 0.15) is 34.6 Å². The van der Waals surface area contributed by atoms with Crippen molar-refractivity contribution in [1.82, 2.24) is 4.57 Å².